The minimum atomic E-state index is -4.14. The molecule has 0 fully saturated rings. The van der Waals surface area contributed by atoms with E-state index >= 15 is 0 Å². The summed E-state index contributed by atoms with van der Waals surface area (Å²) < 4.78 is 36.5. The van der Waals surface area contributed by atoms with Gasteiger partial charge in [-0.1, -0.05) is 0 Å². The van der Waals surface area contributed by atoms with Gasteiger partial charge >= 0.3 is 6.18 Å². The van der Waals surface area contributed by atoms with Crippen molar-refractivity contribution in [3.8, 4) is 0 Å². The predicted molar refractivity (Wildman–Crippen MR) is 74.0 cm³/mol. The van der Waals surface area contributed by atoms with E-state index in [1.165, 1.54) is 11.3 Å². The third-order valence-corrected chi connectivity index (χ3v) is 3.60. The summed E-state index contributed by atoms with van der Waals surface area (Å²) in [6.07, 6.45) is -4.97. The molecule has 8 heteroatoms. The summed E-state index contributed by atoms with van der Waals surface area (Å²) in [5.41, 5.74) is 0. The molecule has 2 heterocycles. The first-order valence-corrected chi connectivity index (χ1v) is 6.94. The Labute approximate surface area is 118 Å². The molecule has 0 unspecified atom stereocenters. The average molecular weight is 304 g/mol. The summed E-state index contributed by atoms with van der Waals surface area (Å²) in [4.78, 5) is 11.1. The molecule has 0 aliphatic carbocycles. The smallest absolute Gasteiger partial charge is 0.372 e. The average Bonchev–Trinajstić information content (AvgIpc) is 2.82. The molecular weight excluding hydrogens is 289 g/mol. The van der Waals surface area contributed by atoms with Crippen LogP contribution in [0.4, 0.5) is 19.0 Å². The lowest BCUT2D eigenvalue weighted by Gasteiger charge is -2.17. The third-order valence-electron chi connectivity index (χ3n) is 2.80. The molecule has 0 aliphatic heterocycles. The van der Waals surface area contributed by atoms with Gasteiger partial charge in [-0.3, -0.25) is 4.90 Å². The van der Waals surface area contributed by atoms with Crippen molar-refractivity contribution >= 4 is 27.4 Å². The molecule has 0 bridgehead atoms. The maximum absolute atomic E-state index is 12.2. The molecule has 0 atom stereocenters. The number of aromatic nitrogens is 2. The molecule has 0 radical (unpaired) electrons. The quantitative estimate of drug-likeness (QED) is 0.921. The minimum absolute atomic E-state index is 0.0653. The predicted octanol–water partition coefficient (Wildman–Crippen LogP) is 3.12. The summed E-state index contributed by atoms with van der Waals surface area (Å²) in [6, 6.07) is 1.92. The van der Waals surface area contributed by atoms with Gasteiger partial charge < -0.3 is 5.32 Å². The van der Waals surface area contributed by atoms with Crippen molar-refractivity contribution in [2.45, 2.75) is 19.1 Å². The number of hydrogen-bond acceptors (Lipinski definition) is 5. The van der Waals surface area contributed by atoms with Crippen molar-refractivity contribution < 1.29 is 13.2 Å². The van der Waals surface area contributed by atoms with Crippen LogP contribution >= 0.6 is 11.3 Å². The Bertz CT molecular complexity index is 582. The summed E-state index contributed by atoms with van der Waals surface area (Å²) >= 11 is 1.49. The first-order chi connectivity index (χ1) is 9.39. The molecule has 2 aromatic rings. The number of anilines is 1. The fraction of sp³-hybridized carbons (Fsp3) is 0.500. The van der Waals surface area contributed by atoms with Gasteiger partial charge in [0.1, 0.15) is 16.5 Å². The van der Waals surface area contributed by atoms with E-state index in [-0.39, 0.29) is 6.54 Å². The van der Waals surface area contributed by atoms with Crippen molar-refractivity contribution in [1.82, 2.24) is 14.9 Å². The lowest BCUT2D eigenvalue weighted by atomic mass is 10.3. The second-order valence-corrected chi connectivity index (χ2v) is 5.38. The van der Waals surface area contributed by atoms with Crippen molar-refractivity contribution in [3.63, 3.8) is 0 Å². The Morgan fingerprint density at radius 3 is 2.75 bits per heavy atom. The molecular formula is C12H15F3N4S. The zero-order valence-corrected chi connectivity index (χ0v) is 12.0. The van der Waals surface area contributed by atoms with Crippen molar-refractivity contribution in [2.75, 3.05) is 26.0 Å². The van der Waals surface area contributed by atoms with E-state index < -0.39 is 12.6 Å². The fourth-order valence-electron chi connectivity index (χ4n) is 1.80. The number of alkyl halides is 3. The lowest BCUT2D eigenvalue weighted by molar-refractivity contribution is -0.137. The van der Waals surface area contributed by atoms with Gasteiger partial charge in [0, 0.05) is 13.6 Å². The number of halogens is 3. The van der Waals surface area contributed by atoms with Gasteiger partial charge in [-0.25, -0.2) is 9.97 Å². The molecule has 0 aromatic carbocycles. The fourth-order valence-corrected chi connectivity index (χ4v) is 2.58. The Hall–Kier alpha value is -1.41. The molecule has 4 nitrogen and oxygen atoms in total. The Morgan fingerprint density at radius 1 is 1.35 bits per heavy atom. The van der Waals surface area contributed by atoms with E-state index in [0.29, 0.717) is 18.2 Å². The Balaban J connectivity index is 2.09. The van der Waals surface area contributed by atoms with Gasteiger partial charge in [-0.15, -0.1) is 11.3 Å². The number of thiophene rings is 1. The van der Waals surface area contributed by atoms with E-state index in [1.807, 2.05) is 11.4 Å². The molecule has 0 saturated carbocycles. The summed E-state index contributed by atoms with van der Waals surface area (Å²) in [5, 5.41) is 5.83. The standard InChI is InChI=1S/C12H15F3N4S/c1-16-10-8-3-6-20-11(8)18-9(17-10)7-19(2)5-4-12(13,14)15/h3,6H,4-5,7H2,1-2H3,(H,16,17,18). The SMILES string of the molecule is CNc1nc(CN(C)CCC(F)(F)F)nc2sccc12. The van der Waals surface area contributed by atoms with Crippen LogP contribution in [0.3, 0.4) is 0 Å². The molecule has 0 amide bonds. The van der Waals surface area contributed by atoms with Crippen LogP contribution in [-0.4, -0.2) is 41.7 Å². The summed E-state index contributed by atoms with van der Waals surface area (Å²) in [6.45, 7) is 0.225. The minimum Gasteiger partial charge on any atom is -0.372 e. The van der Waals surface area contributed by atoms with Gasteiger partial charge in [0.05, 0.1) is 18.4 Å². The molecule has 2 aromatic heterocycles. The third kappa shape index (κ3) is 3.80. The summed E-state index contributed by atoms with van der Waals surface area (Å²) in [7, 11) is 3.39. The molecule has 0 spiro atoms. The molecule has 20 heavy (non-hydrogen) atoms. The second-order valence-electron chi connectivity index (χ2n) is 4.48. The zero-order chi connectivity index (χ0) is 14.8. The zero-order valence-electron chi connectivity index (χ0n) is 11.2. The van der Waals surface area contributed by atoms with Crippen LogP contribution in [0.5, 0.6) is 0 Å². The second kappa shape index (κ2) is 5.92. The van der Waals surface area contributed by atoms with E-state index in [4.69, 9.17) is 0 Å². The maximum Gasteiger partial charge on any atom is 0.390 e. The van der Waals surface area contributed by atoms with Gasteiger partial charge in [0.2, 0.25) is 0 Å². The number of nitrogens with one attached hydrogen (secondary N) is 1. The molecule has 0 aliphatic rings. The largest absolute Gasteiger partial charge is 0.390 e. The van der Waals surface area contributed by atoms with Crippen molar-refractivity contribution in [3.05, 3.63) is 17.3 Å². The number of rotatable bonds is 5. The van der Waals surface area contributed by atoms with Crippen LogP contribution in [0.2, 0.25) is 0 Å². The van der Waals surface area contributed by atoms with E-state index in [1.54, 1.807) is 19.0 Å². The van der Waals surface area contributed by atoms with Gasteiger partial charge in [-0.05, 0) is 18.5 Å². The normalized spacial score (nSPS) is 12.3. The van der Waals surface area contributed by atoms with Crippen LogP contribution in [-0.2, 0) is 6.54 Å². The van der Waals surface area contributed by atoms with Crippen LogP contribution in [0.25, 0.3) is 10.2 Å². The van der Waals surface area contributed by atoms with Crippen LogP contribution in [0, 0.1) is 0 Å². The molecule has 1 N–H and O–H groups in total. The van der Waals surface area contributed by atoms with Gasteiger partial charge in [0.25, 0.3) is 0 Å². The summed E-state index contributed by atoms with van der Waals surface area (Å²) in [5.74, 6) is 1.23. The van der Waals surface area contributed by atoms with Crippen LogP contribution in [0.15, 0.2) is 11.4 Å². The Morgan fingerprint density at radius 2 is 2.10 bits per heavy atom. The highest BCUT2D eigenvalue weighted by atomic mass is 32.1. The number of hydrogen-bond donors (Lipinski definition) is 1. The lowest BCUT2D eigenvalue weighted by Crippen LogP contribution is -2.25. The van der Waals surface area contributed by atoms with Crippen molar-refractivity contribution in [2.24, 2.45) is 0 Å². The first-order valence-electron chi connectivity index (χ1n) is 6.06. The molecule has 2 rings (SSSR count). The van der Waals surface area contributed by atoms with Crippen LogP contribution in [0.1, 0.15) is 12.2 Å². The monoisotopic (exact) mass is 304 g/mol. The van der Waals surface area contributed by atoms with E-state index in [0.717, 1.165) is 10.2 Å². The number of nitrogens with zero attached hydrogens (tertiary/aromatic N) is 3. The van der Waals surface area contributed by atoms with E-state index in [9.17, 15) is 13.2 Å². The van der Waals surface area contributed by atoms with Gasteiger partial charge in [-0.2, -0.15) is 13.2 Å². The number of fused-ring (bicyclic) bond motifs is 1. The highest BCUT2D eigenvalue weighted by molar-refractivity contribution is 7.16. The van der Waals surface area contributed by atoms with Crippen LogP contribution < -0.4 is 5.32 Å². The van der Waals surface area contributed by atoms with Crippen molar-refractivity contribution in [1.29, 1.82) is 0 Å². The molecule has 110 valence electrons. The topological polar surface area (TPSA) is 41.1 Å². The Kier molecular flexibility index (Phi) is 4.44. The first kappa shape index (κ1) is 15.0. The highest BCUT2D eigenvalue weighted by Crippen LogP contribution is 2.25. The molecule has 0 saturated heterocycles. The highest BCUT2D eigenvalue weighted by Gasteiger charge is 2.27. The van der Waals surface area contributed by atoms with Gasteiger partial charge in [0.15, 0.2) is 0 Å². The van der Waals surface area contributed by atoms with E-state index in [2.05, 4.69) is 15.3 Å². The maximum atomic E-state index is 12.2.